The first-order chi connectivity index (χ1) is 14.4. The van der Waals surface area contributed by atoms with Gasteiger partial charge in [0, 0.05) is 43.0 Å². The number of carbonyl (C=O) groups is 1. The molecule has 1 saturated carbocycles. The highest BCUT2D eigenvalue weighted by atomic mass is 32.2. The van der Waals surface area contributed by atoms with Gasteiger partial charge in [-0.05, 0) is 36.6 Å². The molecule has 2 aromatic carbocycles. The Morgan fingerprint density at radius 2 is 1.77 bits per heavy atom. The second kappa shape index (κ2) is 10.2. The van der Waals surface area contributed by atoms with Gasteiger partial charge in [0.15, 0.2) is 5.78 Å². The van der Waals surface area contributed by atoms with E-state index in [1.165, 1.54) is 6.42 Å². The van der Waals surface area contributed by atoms with Crippen molar-refractivity contribution in [3.63, 3.8) is 0 Å². The predicted molar refractivity (Wildman–Crippen MR) is 121 cm³/mol. The summed E-state index contributed by atoms with van der Waals surface area (Å²) in [6, 6.07) is 14.4. The van der Waals surface area contributed by atoms with E-state index in [4.69, 9.17) is 5.73 Å². The average molecular weight is 430 g/mol. The summed E-state index contributed by atoms with van der Waals surface area (Å²) >= 11 is 0. The second-order valence-electron chi connectivity index (χ2n) is 7.91. The normalized spacial score (nSPS) is 15.4. The molecule has 7 heteroatoms. The summed E-state index contributed by atoms with van der Waals surface area (Å²) in [5, 5.41) is 3.17. The van der Waals surface area contributed by atoms with Crippen LogP contribution in [0.1, 0.15) is 53.6 Å². The molecule has 0 heterocycles. The fourth-order valence-corrected chi connectivity index (χ4v) is 5.25. The van der Waals surface area contributed by atoms with Gasteiger partial charge in [-0.3, -0.25) is 4.79 Å². The van der Waals surface area contributed by atoms with Crippen LogP contribution in [0, 0.1) is 0 Å². The van der Waals surface area contributed by atoms with E-state index in [0.717, 1.165) is 31.2 Å². The number of benzene rings is 2. The smallest absolute Gasteiger partial charge is 0.215 e. The highest BCUT2D eigenvalue weighted by molar-refractivity contribution is 7.89. The zero-order valence-electron chi connectivity index (χ0n) is 17.5. The number of anilines is 1. The van der Waals surface area contributed by atoms with E-state index in [2.05, 4.69) is 5.32 Å². The van der Waals surface area contributed by atoms with Gasteiger partial charge >= 0.3 is 0 Å². The van der Waals surface area contributed by atoms with E-state index >= 15 is 0 Å². The van der Waals surface area contributed by atoms with Crippen LogP contribution in [0.3, 0.4) is 0 Å². The first-order valence-electron chi connectivity index (χ1n) is 10.5. The van der Waals surface area contributed by atoms with Crippen LogP contribution in [0.5, 0.6) is 0 Å². The molecular formula is C23H31N3O3S. The number of ketones is 1. The molecule has 1 fully saturated rings. The lowest BCUT2D eigenvalue weighted by atomic mass is 9.96. The maximum absolute atomic E-state index is 12.7. The Kier molecular flexibility index (Phi) is 7.64. The number of nitrogens with zero attached hydrogens (tertiary/aromatic N) is 1. The number of rotatable bonds is 9. The Morgan fingerprint density at radius 1 is 1.07 bits per heavy atom. The fraction of sp³-hybridized carbons (Fsp3) is 0.435. The molecule has 0 aromatic heterocycles. The molecule has 0 spiro atoms. The lowest BCUT2D eigenvalue weighted by Gasteiger charge is -2.30. The monoisotopic (exact) mass is 429 g/mol. The van der Waals surface area contributed by atoms with Crippen molar-refractivity contribution < 1.29 is 13.2 Å². The van der Waals surface area contributed by atoms with E-state index in [-0.39, 0.29) is 17.6 Å². The van der Waals surface area contributed by atoms with Crippen LogP contribution >= 0.6 is 0 Å². The second-order valence-corrected chi connectivity index (χ2v) is 10.1. The molecule has 1 aliphatic rings. The van der Waals surface area contributed by atoms with Crippen LogP contribution in [0.4, 0.5) is 5.69 Å². The first kappa shape index (κ1) is 22.5. The molecule has 0 saturated heterocycles. The van der Waals surface area contributed by atoms with E-state index in [9.17, 15) is 13.2 Å². The molecule has 30 heavy (non-hydrogen) atoms. The topological polar surface area (TPSA) is 92.5 Å². The number of nitrogen functional groups attached to an aromatic ring is 1. The Morgan fingerprint density at radius 3 is 2.47 bits per heavy atom. The van der Waals surface area contributed by atoms with E-state index in [0.29, 0.717) is 29.9 Å². The van der Waals surface area contributed by atoms with Crippen molar-refractivity contribution in [3.8, 4) is 0 Å². The van der Waals surface area contributed by atoms with Crippen LogP contribution in [0.15, 0.2) is 48.5 Å². The summed E-state index contributed by atoms with van der Waals surface area (Å²) in [6.45, 7) is 0.736. The fourth-order valence-electron chi connectivity index (χ4n) is 3.90. The Bertz CT molecular complexity index is 955. The molecule has 2 aromatic rings. The van der Waals surface area contributed by atoms with Crippen molar-refractivity contribution >= 4 is 21.5 Å². The SMILES string of the molecule is CN(C1CCCCC1)S(=O)(=O)CCNCc1cc(C(=O)c2ccccc2)ccc1N. The highest BCUT2D eigenvalue weighted by Crippen LogP contribution is 2.23. The van der Waals surface area contributed by atoms with Crippen molar-refractivity contribution in [2.45, 2.75) is 44.7 Å². The molecule has 1 aliphatic carbocycles. The molecule has 162 valence electrons. The van der Waals surface area contributed by atoms with Crippen molar-refractivity contribution in [2.75, 3.05) is 25.1 Å². The Balaban J connectivity index is 1.56. The van der Waals surface area contributed by atoms with Gasteiger partial charge in [0.25, 0.3) is 0 Å². The summed E-state index contributed by atoms with van der Waals surface area (Å²) in [5.41, 5.74) is 8.62. The van der Waals surface area contributed by atoms with E-state index < -0.39 is 10.0 Å². The largest absolute Gasteiger partial charge is 0.398 e. The maximum atomic E-state index is 12.7. The van der Waals surface area contributed by atoms with Crippen molar-refractivity contribution in [2.24, 2.45) is 0 Å². The minimum Gasteiger partial charge on any atom is -0.398 e. The molecule has 6 nitrogen and oxygen atoms in total. The third-order valence-corrected chi connectivity index (χ3v) is 7.72. The molecule has 0 radical (unpaired) electrons. The van der Waals surface area contributed by atoms with Crippen molar-refractivity contribution in [1.82, 2.24) is 9.62 Å². The summed E-state index contributed by atoms with van der Waals surface area (Å²) in [5.74, 6) is -0.0174. The minimum atomic E-state index is -3.30. The summed E-state index contributed by atoms with van der Waals surface area (Å²) < 4.78 is 26.8. The van der Waals surface area contributed by atoms with E-state index in [1.807, 2.05) is 18.2 Å². The van der Waals surface area contributed by atoms with Crippen LogP contribution in [-0.2, 0) is 16.6 Å². The van der Waals surface area contributed by atoms with Crippen molar-refractivity contribution in [3.05, 3.63) is 65.2 Å². The minimum absolute atomic E-state index is 0.0442. The van der Waals surface area contributed by atoms with Gasteiger partial charge < -0.3 is 11.1 Å². The highest BCUT2D eigenvalue weighted by Gasteiger charge is 2.27. The lowest BCUT2D eigenvalue weighted by Crippen LogP contribution is -2.41. The maximum Gasteiger partial charge on any atom is 0.215 e. The molecule has 0 unspecified atom stereocenters. The quantitative estimate of drug-likeness (QED) is 0.363. The first-order valence-corrected chi connectivity index (χ1v) is 12.1. The Hall–Kier alpha value is -2.22. The van der Waals surface area contributed by atoms with Gasteiger partial charge in [-0.1, -0.05) is 49.6 Å². The summed E-state index contributed by atoms with van der Waals surface area (Å²) in [4.78, 5) is 12.7. The van der Waals surface area contributed by atoms with Gasteiger partial charge in [0.05, 0.1) is 5.75 Å². The number of carbonyl (C=O) groups excluding carboxylic acids is 1. The van der Waals surface area contributed by atoms with Crippen LogP contribution in [0.2, 0.25) is 0 Å². The average Bonchev–Trinajstić information content (AvgIpc) is 2.78. The van der Waals surface area contributed by atoms with Gasteiger partial charge in [-0.25, -0.2) is 12.7 Å². The zero-order valence-corrected chi connectivity index (χ0v) is 18.3. The predicted octanol–water partition coefficient (Wildman–Crippen LogP) is 3.18. The molecule has 0 amide bonds. The van der Waals surface area contributed by atoms with Gasteiger partial charge in [-0.15, -0.1) is 0 Å². The molecule has 0 aliphatic heterocycles. The zero-order chi connectivity index (χ0) is 21.6. The number of hydrogen-bond acceptors (Lipinski definition) is 5. The summed E-state index contributed by atoms with van der Waals surface area (Å²) in [7, 11) is -1.60. The van der Waals surface area contributed by atoms with E-state index in [1.54, 1.807) is 41.7 Å². The third-order valence-electron chi connectivity index (χ3n) is 5.82. The third kappa shape index (κ3) is 5.68. The molecule has 3 rings (SSSR count). The number of nitrogens with one attached hydrogen (secondary N) is 1. The van der Waals surface area contributed by atoms with Gasteiger partial charge in [-0.2, -0.15) is 0 Å². The molecule has 0 bridgehead atoms. The van der Waals surface area contributed by atoms with Gasteiger partial charge in [0.1, 0.15) is 0 Å². The van der Waals surface area contributed by atoms with Crippen LogP contribution in [0.25, 0.3) is 0 Å². The lowest BCUT2D eigenvalue weighted by molar-refractivity contribution is 0.103. The van der Waals surface area contributed by atoms with Crippen LogP contribution in [-0.4, -0.2) is 43.9 Å². The molecule has 0 atom stereocenters. The standard InChI is InChI=1S/C23H31N3O3S/c1-26(21-10-6-3-7-11-21)30(28,29)15-14-25-17-20-16-19(12-13-22(20)24)23(27)18-8-4-2-5-9-18/h2,4-5,8-9,12-13,16,21,25H,3,6-7,10-11,14-15,17,24H2,1H3. The number of hydrogen-bond donors (Lipinski definition) is 2. The number of sulfonamides is 1. The Labute approximate surface area is 179 Å². The molecule has 3 N–H and O–H groups in total. The van der Waals surface area contributed by atoms with Crippen molar-refractivity contribution in [1.29, 1.82) is 0 Å². The number of nitrogens with two attached hydrogens (primary N) is 1. The van der Waals surface area contributed by atoms with Crippen LogP contribution < -0.4 is 11.1 Å². The summed E-state index contributed by atoms with van der Waals surface area (Å²) in [6.07, 6.45) is 5.28. The van der Waals surface area contributed by atoms with Gasteiger partial charge in [0.2, 0.25) is 10.0 Å². The molecular weight excluding hydrogens is 398 g/mol.